The zero-order chi connectivity index (χ0) is 19.2. The number of aromatic nitrogens is 1. The number of carbonyl (C=O) groups is 2. The largest absolute Gasteiger partial charge is 0.348 e. The van der Waals surface area contributed by atoms with Crippen molar-refractivity contribution in [2.45, 2.75) is 13.5 Å². The first-order valence-corrected chi connectivity index (χ1v) is 8.39. The van der Waals surface area contributed by atoms with E-state index in [1.165, 1.54) is 36.5 Å². The molecule has 0 aliphatic heterocycles. The average Bonchev–Trinajstić information content (AvgIpc) is 2.69. The number of rotatable bonds is 5. The quantitative estimate of drug-likeness (QED) is 0.726. The van der Waals surface area contributed by atoms with Crippen molar-refractivity contribution in [3.63, 3.8) is 0 Å². The van der Waals surface area contributed by atoms with Crippen LogP contribution in [-0.4, -0.2) is 16.8 Å². The fraction of sp³-hybridized carbons (Fsp3) is 0.0952. The Balaban J connectivity index is 1.69. The molecule has 136 valence electrons. The molecule has 1 aromatic heterocycles. The van der Waals surface area contributed by atoms with E-state index in [1.807, 2.05) is 31.2 Å². The molecule has 0 fully saturated rings. The van der Waals surface area contributed by atoms with Crippen molar-refractivity contribution >= 4 is 17.5 Å². The van der Waals surface area contributed by atoms with Gasteiger partial charge in [-0.15, -0.1) is 0 Å². The van der Waals surface area contributed by atoms with Crippen molar-refractivity contribution in [3.05, 3.63) is 95.1 Å². The molecule has 2 aromatic carbocycles. The van der Waals surface area contributed by atoms with E-state index < -0.39 is 11.7 Å². The third-order valence-electron chi connectivity index (χ3n) is 4.08. The summed E-state index contributed by atoms with van der Waals surface area (Å²) < 4.78 is 13.7. The van der Waals surface area contributed by atoms with Crippen molar-refractivity contribution in [1.82, 2.24) is 10.3 Å². The number of halogens is 1. The van der Waals surface area contributed by atoms with Crippen molar-refractivity contribution < 1.29 is 14.0 Å². The second kappa shape index (κ2) is 8.23. The Labute approximate surface area is 156 Å². The van der Waals surface area contributed by atoms with Gasteiger partial charge in [-0.05, 0) is 42.3 Å². The Hall–Kier alpha value is -3.54. The van der Waals surface area contributed by atoms with Gasteiger partial charge in [0.15, 0.2) is 0 Å². The van der Waals surface area contributed by atoms with Gasteiger partial charge in [0.1, 0.15) is 11.5 Å². The van der Waals surface area contributed by atoms with Crippen LogP contribution in [0.3, 0.4) is 0 Å². The summed E-state index contributed by atoms with van der Waals surface area (Å²) in [5.41, 5.74) is 2.48. The molecular formula is C21H18FN3O2. The summed E-state index contributed by atoms with van der Waals surface area (Å²) in [5, 5.41) is 5.27. The lowest BCUT2D eigenvalue weighted by molar-refractivity contribution is 0.0950. The highest BCUT2D eigenvalue weighted by Gasteiger charge is 2.13. The summed E-state index contributed by atoms with van der Waals surface area (Å²) in [5.74, 6) is -1.45. The molecular weight excluding hydrogens is 345 g/mol. The Morgan fingerprint density at radius 1 is 1.00 bits per heavy atom. The van der Waals surface area contributed by atoms with Crippen LogP contribution >= 0.6 is 0 Å². The third kappa shape index (κ3) is 4.55. The lowest BCUT2D eigenvalue weighted by atomic mass is 10.1. The maximum Gasteiger partial charge on any atom is 0.274 e. The highest BCUT2D eigenvalue weighted by atomic mass is 19.1. The van der Waals surface area contributed by atoms with Crippen molar-refractivity contribution in [2.24, 2.45) is 0 Å². The summed E-state index contributed by atoms with van der Waals surface area (Å²) in [6.45, 7) is 2.35. The molecule has 3 aromatic rings. The van der Waals surface area contributed by atoms with E-state index in [0.717, 1.165) is 11.1 Å². The lowest BCUT2D eigenvalue weighted by Crippen LogP contribution is -2.24. The van der Waals surface area contributed by atoms with Gasteiger partial charge in [0.2, 0.25) is 0 Å². The SMILES string of the molecule is Cc1ccccc1CNC(=O)c1ccnc(C(=O)Nc2ccccc2F)c1. The molecule has 0 radical (unpaired) electrons. The van der Waals surface area contributed by atoms with Gasteiger partial charge in [-0.2, -0.15) is 0 Å². The van der Waals surface area contributed by atoms with Crippen molar-refractivity contribution in [1.29, 1.82) is 0 Å². The predicted molar refractivity (Wildman–Crippen MR) is 101 cm³/mol. The molecule has 0 saturated heterocycles. The first-order chi connectivity index (χ1) is 13.0. The average molecular weight is 363 g/mol. The smallest absolute Gasteiger partial charge is 0.274 e. The van der Waals surface area contributed by atoms with Crippen molar-refractivity contribution in [3.8, 4) is 0 Å². The van der Waals surface area contributed by atoms with E-state index >= 15 is 0 Å². The fourth-order valence-corrected chi connectivity index (χ4v) is 2.53. The first-order valence-electron chi connectivity index (χ1n) is 8.39. The molecule has 2 amide bonds. The maximum atomic E-state index is 13.7. The molecule has 0 saturated carbocycles. The van der Waals surface area contributed by atoms with E-state index in [4.69, 9.17) is 0 Å². The summed E-state index contributed by atoms with van der Waals surface area (Å²) in [6.07, 6.45) is 1.37. The Morgan fingerprint density at radius 3 is 2.52 bits per heavy atom. The standard InChI is InChI=1S/C21H18FN3O2/c1-14-6-2-3-7-16(14)13-24-20(26)15-10-11-23-19(12-15)21(27)25-18-9-5-4-8-17(18)22/h2-12H,13H2,1H3,(H,24,26)(H,25,27). The molecule has 0 unspecified atom stereocenters. The number of amides is 2. The number of carbonyl (C=O) groups excluding carboxylic acids is 2. The van der Waals surface area contributed by atoms with Gasteiger partial charge in [-0.1, -0.05) is 36.4 Å². The molecule has 2 N–H and O–H groups in total. The Bertz CT molecular complexity index is 988. The van der Waals surface area contributed by atoms with Gasteiger partial charge in [0, 0.05) is 18.3 Å². The highest BCUT2D eigenvalue weighted by Crippen LogP contribution is 2.14. The molecule has 3 rings (SSSR count). The number of nitrogens with one attached hydrogen (secondary N) is 2. The topological polar surface area (TPSA) is 71.1 Å². The highest BCUT2D eigenvalue weighted by molar-refractivity contribution is 6.04. The monoisotopic (exact) mass is 363 g/mol. The Kier molecular flexibility index (Phi) is 5.56. The van der Waals surface area contributed by atoms with Crippen LogP contribution in [0, 0.1) is 12.7 Å². The fourth-order valence-electron chi connectivity index (χ4n) is 2.53. The van der Waals surface area contributed by atoms with Crippen LogP contribution in [0.4, 0.5) is 10.1 Å². The van der Waals surface area contributed by atoms with Gasteiger partial charge in [-0.25, -0.2) is 4.39 Å². The van der Waals surface area contributed by atoms with E-state index in [0.29, 0.717) is 12.1 Å². The molecule has 0 bridgehead atoms. The minimum Gasteiger partial charge on any atom is -0.348 e. The van der Waals surface area contributed by atoms with Crippen LogP contribution in [0.2, 0.25) is 0 Å². The molecule has 1 heterocycles. The molecule has 5 nitrogen and oxygen atoms in total. The number of nitrogens with zero attached hydrogens (tertiary/aromatic N) is 1. The summed E-state index contributed by atoms with van der Waals surface area (Å²) >= 11 is 0. The van der Waals surface area contributed by atoms with Gasteiger partial charge < -0.3 is 10.6 Å². The summed E-state index contributed by atoms with van der Waals surface area (Å²) in [4.78, 5) is 28.6. The van der Waals surface area contributed by atoms with Crippen LogP contribution < -0.4 is 10.6 Å². The second-order valence-corrected chi connectivity index (χ2v) is 5.97. The van der Waals surface area contributed by atoms with Gasteiger partial charge in [0.25, 0.3) is 11.8 Å². The zero-order valence-corrected chi connectivity index (χ0v) is 14.7. The molecule has 6 heteroatoms. The van der Waals surface area contributed by atoms with Gasteiger partial charge in [-0.3, -0.25) is 14.6 Å². The molecule has 0 aliphatic rings. The van der Waals surface area contributed by atoms with E-state index in [9.17, 15) is 14.0 Å². The van der Waals surface area contributed by atoms with E-state index in [1.54, 1.807) is 6.07 Å². The predicted octanol–water partition coefficient (Wildman–Crippen LogP) is 3.71. The number of pyridine rings is 1. The summed E-state index contributed by atoms with van der Waals surface area (Å²) in [6, 6.07) is 16.5. The number of para-hydroxylation sites is 1. The van der Waals surface area contributed by atoms with Gasteiger partial charge in [0.05, 0.1) is 5.69 Å². The number of anilines is 1. The molecule has 0 spiro atoms. The maximum absolute atomic E-state index is 13.7. The molecule has 0 aliphatic carbocycles. The second-order valence-electron chi connectivity index (χ2n) is 5.97. The third-order valence-corrected chi connectivity index (χ3v) is 4.08. The Morgan fingerprint density at radius 2 is 1.74 bits per heavy atom. The summed E-state index contributed by atoms with van der Waals surface area (Å²) in [7, 11) is 0. The number of hydrogen-bond donors (Lipinski definition) is 2. The van der Waals surface area contributed by atoms with Crippen molar-refractivity contribution in [2.75, 3.05) is 5.32 Å². The zero-order valence-electron chi connectivity index (χ0n) is 14.7. The minimum absolute atomic E-state index is 0.0294. The minimum atomic E-state index is -0.589. The number of hydrogen-bond acceptors (Lipinski definition) is 3. The van der Waals surface area contributed by atoms with E-state index in [2.05, 4.69) is 15.6 Å². The van der Waals surface area contributed by atoms with Crippen LogP contribution in [0.15, 0.2) is 66.9 Å². The molecule has 27 heavy (non-hydrogen) atoms. The normalized spacial score (nSPS) is 10.3. The van der Waals surface area contributed by atoms with E-state index in [-0.39, 0.29) is 17.3 Å². The number of aryl methyl sites for hydroxylation is 1. The van der Waals surface area contributed by atoms with Crippen LogP contribution in [-0.2, 0) is 6.54 Å². The molecule has 0 atom stereocenters. The van der Waals surface area contributed by atoms with Crippen LogP contribution in [0.25, 0.3) is 0 Å². The lowest BCUT2D eigenvalue weighted by Gasteiger charge is -2.09. The van der Waals surface area contributed by atoms with Gasteiger partial charge >= 0.3 is 0 Å². The number of benzene rings is 2. The van der Waals surface area contributed by atoms with Crippen LogP contribution in [0.1, 0.15) is 32.0 Å². The first kappa shape index (κ1) is 18.3. The van der Waals surface area contributed by atoms with Crippen LogP contribution in [0.5, 0.6) is 0 Å².